The molecule has 0 aromatic carbocycles. The number of carbonyl (C=O) groups is 2. The first-order valence-corrected chi connectivity index (χ1v) is 6.30. The largest absolute Gasteiger partial charge is 0.466 e. The van der Waals surface area contributed by atoms with Gasteiger partial charge in [0.2, 0.25) is 0 Å². The zero-order valence-electron chi connectivity index (χ0n) is 9.83. The lowest BCUT2D eigenvalue weighted by Crippen LogP contribution is -2.45. The highest BCUT2D eigenvalue weighted by Gasteiger charge is 2.36. The molecule has 0 aliphatic rings. The van der Waals surface area contributed by atoms with Gasteiger partial charge in [-0.2, -0.15) is 0 Å². The van der Waals surface area contributed by atoms with E-state index < -0.39 is 17.4 Å². The van der Waals surface area contributed by atoms with E-state index in [4.69, 9.17) is 10.2 Å². The molecule has 0 aliphatic heterocycles. The van der Waals surface area contributed by atoms with Crippen molar-refractivity contribution in [3.8, 4) is 0 Å². The van der Waals surface area contributed by atoms with Crippen LogP contribution in [0.5, 0.6) is 0 Å². The molecule has 4 N–H and O–H groups in total. The molecule has 0 aliphatic carbocycles. The fourth-order valence-corrected chi connectivity index (χ4v) is 2.45. The van der Waals surface area contributed by atoms with Gasteiger partial charge >= 0.3 is 11.8 Å². The molecule has 7 heteroatoms. The van der Waals surface area contributed by atoms with Crippen LogP contribution in [0.2, 0.25) is 0 Å². The summed E-state index contributed by atoms with van der Waals surface area (Å²) in [6, 6.07) is 6.70. The number of aliphatic hydroxyl groups is 1. The number of nitrogens with two attached hydrogens (primary N) is 1. The van der Waals surface area contributed by atoms with Gasteiger partial charge in [0, 0.05) is 4.88 Å². The Bertz CT molecular complexity index is 528. The number of hydrogen-bond donors (Lipinski definition) is 3. The Labute approximate surface area is 112 Å². The molecule has 0 saturated heterocycles. The average Bonchev–Trinajstić information content (AvgIpc) is 3.06. The monoisotopic (exact) mass is 280 g/mol. The average molecular weight is 280 g/mol. The molecule has 2 aromatic heterocycles. The molecule has 0 radical (unpaired) electrons. The van der Waals surface area contributed by atoms with E-state index in [9.17, 15) is 14.7 Å². The van der Waals surface area contributed by atoms with Crippen molar-refractivity contribution in [1.82, 2.24) is 5.32 Å². The minimum Gasteiger partial charge on any atom is -0.466 e. The molecule has 0 bridgehead atoms. The van der Waals surface area contributed by atoms with E-state index >= 15 is 0 Å². The smallest absolute Gasteiger partial charge is 0.309 e. The molecule has 0 saturated carbocycles. The van der Waals surface area contributed by atoms with Crippen LogP contribution in [0.25, 0.3) is 0 Å². The fourth-order valence-electron chi connectivity index (χ4n) is 1.62. The summed E-state index contributed by atoms with van der Waals surface area (Å²) in [5.41, 5.74) is 3.32. The van der Waals surface area contributed by atoms with Crippen LogP contribution < -0.4 is 11.1 Å². The van der Waals surface area contributed by atoms with Crippen molar-refractivity contribution in [3.05, 3.63) is 46.5 Å². The molecule has 2 aromatic rings. The van der Waals surface area contributed by atoms with Crippen molar-refractivity contribution >= 4 is 23.2 Å². The lowest BCUT2D eigenvalue weighted by Gasteiger charge is -2.24. The van der Waals surface area contributed by atoms with Crippen LogP contribution >= 0.6 is 11.3 Å². The predicted octanol–water partition coefficient (Wildman–Crippen LogP) is 0.179. The third-order valence-electron chi connectivity index (χ3n) is 2.59. The van der Waals surface area contributed by atoms with Crippen molar-refractivity contribution in [2.24, 2.45) is 5.73 Å². The van der Waals surface area contributed by atoms with Gasteiger partial charge in [0.15, 0.2) is 5.60 Å². The standard InChI is InChI=1S/C12H12N2O4S/c13-10(15)11(16)14-7-12(17,8-3-1-5-18-8)9-4-2-6-19-9/h1-6,17H,7H2,(H2,13,15)(H,14,16). The fraction of sp³-hybridized carbons (Fsp3) is 0.167. The molecule has 2 heterocycles. The van der Waals surface area contributed by atoms with E-state index in [2.05, 4.69) is 5.32 Å². The molecule has 2 amide bonds. The topological polar surface area (TPSA) is 106 Å². The number of nitrogens with one attached hydrogen (secondary N) is 1. The first-order valence-electron chi connectivity index (χ1n) is 5.42. The quantitative estimate of drug-likeness (QED) is 0.694. The minimum absolute atomic E-state index is 0.206. The number of thiophene rings is 1. The number of primary amides is 1. The third-order valence-corrected chi connectivity index (χ3v) is 3.61. The van der Waals surface area contributed by atoms with Crippen LogP contribution in [0.15, 0.2) is 40.3 Å². The first kappa shape index (κ1) is 13.3. The molecule has 0 fully saturated rings. The molecular formula is C12H12N2O4S. The van der Waals surface area contributed by atoms with Crippen LogP contribution in [-0.4, -0.2) is 23.5 Å². The van der Waals surface area contributed by atoms with E-state index in [-0.39, 0.29) is 12.3 Å². The number of carbonyl (C=O) groups excluding carboxylic acids is 2. The molecular weight excluding hydrogens is 268 g/mol. The molecule has 6 nitrogen and oxygen atoms in total. The molecule has 1 atom stereocenters. The summed E-state index contributed by atoms with van der Waals surface area (Å²) in [6.07, 6.45) is 1.42. The van der Waals surface area contributed by atoms with E-state index in [0.717, 1.165) is 0 Å². The predicted molar refractivity (Wildman–Crippen MR) is 68.2 cm³/mol. The summed E-state index contributed by atoms with van der Waals surface area (Å²) in [4.78, 5) is 22.5. The maximum Gasteiger partial charge on any atom is 0.309 e. The second kappa shape index (κ2) is 5.25. The van der Waals surface area contributed by atoms with Crippen LogP contribution in [0.1, 0.15) is 10.6 Å². The highest BCUT2D eigenvalue weighted by atomic mass is 32.1. The van der Waals surface area contributed by atoms with Crippen molar-refractivity contribution < 1.29 is 19.1 Å². The van der Waals surface area contributed by atoms with Gasteiger partial charge in [0.25, 0.3) is 0 Å². The van der Waals surface area contributed by atoms with Crippen molar-refractivity contribution in [1.29, 1.82) is 0 Å². The normalized spacial score (nSPS) is 13.7. The summed E-state index contributed by atoms with van der Waals surface area (Å²) in [5.74, 6) is -1.78. The Balaban J connectivity index is 2.26. The summed E-state index contributed by atoms with van der Waals surface area (Å²) in [7, 11) is 0. The molecule has 1 unspecified atom stereocenters. The lowest BCUT2D eigenvalue weighted by atomic mass is 9.98. The minimum atomic E-state index is -1.53. The summed E-state index contributed by atoms with van der Waals surface area (Å²) < 4.78 is 5.20. The number of furan rings is 1. The van der Waals surface area contributed by atoms with Crippen LogP contribution in [0.4, 0.5) is 0 Å². The van der Waals surface area contributed by atoms with E-state index in [1.165, 1.54) is 17.6 Å². The second-order valence-electron chi connectivity index (χ2n) is 3.86. The summed E-state index contributed by atoms with van der Waals surface area (Å²) in [6.45, 7) is -0.206. The Morgan fingerprint density at radius 3 is 2.74 bits per heavy atom. The van der Waals surface area contributed by atoms with Crippen molar-refractivity contribution in [2.45, 2.75) is 5.60 Å². The van der Waals surface area contributed by atoms with Crippen molar-refractivity contribution in [3.63, 3.8) is 0 Å². The molecule has 0 spiro atoms. The molecule has 100 valence electrons. The van der Waals surface area contributed by atoms with E-state index in [0.29, 0.717) is 4.88 Å². The Kier molecular flexibility index (Phi) is 3.68. The highest BCUT2D eigenvalue weighted by molar-refractivity contribution is 7.10. The Hall–Kier alpha value is -2.12. The van der Waals surface area contributed by atoms with Gasteiger partial charge in [0.05, 0.1) is 12.8 Å². The number of rotatable bonds is 4. The van der Waals surface area contributed by atoms with Crippen LogP contribution in [-0.2, 0) is 15.2 Å². The molecule has 2 rings (SSSR count). The van der Waals surface area contributed by atoms with Gasteiger partial charge in [0.1, 0.15) is 5.76 Å². The highest BCUT2D eigenvalue weighted by Crippen LogP contribution is 2.32. The zero-order valence-corrected chi connectivity index (χ0v) is 10.6. The summed E-state index contributed by atoms with van der Waals surface area (Å²) >= 11 is 1.31. The van der Waals surface area contributed by atoms with Gasteiger partial charge in [-0.25, -0.2) is 0 Å². The third kappa shape index (κ3) is 2.67. The second-order valence-corrected chi connectivity index (χ2v) is 4.81. The van der Waals surface area contributed by atoms with Gasteiger partial charge in [-0.15, -0.1) is 11.3 Å². The van der Waals surface area contributed by atoms with Crippen LogP contribution in [0, 0.1) is 0 Å². The van der Waals surface area contributed by atoms with E-state index in [1.807, 2.05) is 0 Å². The maximum absolute atomic E-state index is 11.2. The lowest BCUT2D eigenvalue weighted by molar-refractivity contribution is -0.137. The van der Waals surface area contributed by atoms with Gasteiger partial charge in [-0.05, 0) is 23.6 Å². The number of amides is 2. The Morgan fingerprint density at radius 2 is 2.21 bits per heavy atom. The zero-order chi connectivity index (χ0) is 13.9. The first-order chi connectivity index (χ1) is 9.04. The van der Waals surface area contributed by atoms with E-state index in [1.54, 1.807) is 29.6 Å². The van der Waals surface area contributed by atoms with Crippen LogP contribution in [0.3, 0.4) is 0 Å². The van der Waals surface area contributed by atoms with Crippen molar-refractivity contribution in [2.75, 3.05) is 6.54 Å². The SMILES string of the molecule is NC(=O)C(=O)NCC(O)(c1ccco1)c1cccs1. The Morgan fingerprint density at radius 1 is 1.42 bits per heavy atom. The number of hydrogen-bond acceptors (Lipinski definition) is 5. The summed E-state index contributed by atoms with van der Waals surface area (Å²) in [5, 5.41) is 14.8. The van der Waals surface area contributed by atoms with Gasteiger partial charge < -0.3 is 20.6 Å². The molecule has 19 heavy (non-hydrogen) atoms. The van der Waals surface area contributed by atoms with Gasteiger partial charge in [-0.3, -0.25) is 9.59 Å². The maximum atomic E-state index is 11.2. The van der Waals surface area contributed by atoms with Gasteiger partial charge in [-0.1, -0.05) is 6.07 Å².